The van der Waals surface area contributed by atoms with E-state index in [4.69, 9.17) is 9.84 Å². The Labute approximate surface area is 167 Å². The van der Waals surface area contributed by atoms with Crippen molar-refractivity contribution < 1.29 is 23.4 Å². The minimum atomic E-state index is -1.01. The van der Waals surface area contributed by atoms with Crippen LogP contribution in [0.2, 0.25) is 0 Å². The number of thioether (sulfide) groups is 1. The van der Waals surface area contributed by atoms with Gasteiger partial charge in [-0.25, -0.2) is 13.8 Å². The highest BCUT2D eigenvalue weighted by atomic mass is 32.2. The third-order valence-corrected chi connectivity index (χ3v) is 6.22. The average Bonchev–Trinajstić information content (AvgIpc) is 3.15. The van der Waals surface area contributed by atoms with Crippen molar-refractivity contribution in [2.24, 2.45) is 5.92 Å². The molecule has 7 heteroatoms. The number of hydrogen-bond donors (Lipinski definition) is 1. The molecule has 0 spiro atoms. The summed E-state index contributed by atoms with van der Waals surface area (Å²) in [6.07, 6.45) is 6.51. The van der Waals surface area contributed by atoms with E-state index in [1.807, 2.05) is 6.07 Å². The number of carboxylic acids is 1. The molecule has 1 unspecified atom stereocenters. The first-order chi connectivity index (χ1) is 13.4. The van der Waals surface area contributed by atoms with E-state index in [2.05, 4.69) is 4.98 Å². The first kappa shape index (κ1) is 20.6. The van der Waals surface area contributed by atoms with E-state index in [0.29, 0.717) is 5.25 Å². The maximum atomic E-state index is 14.4. The van der Waals surface area contributed by atoms with Crippen LogP contribution in [0.3, 0.4) is 0 Å². The molecule has 150 valence electrons. The second kappa shape index (κ2) is 9.37. The van der Waals surface area contributed by atoms with Crippen LogP contribution in [-0.2, 0) is 17.8 Å². The van der Waals surface area contributed by atoms with E-state index >= 15 is 0 Å². The predicted octanol–water partition coefficient (Wildman–Crippen LogP) is 5.24. The summed E-state index contributed by atoms with van der Waals surface area (Å²) in [7, 11) is 0. The van der Waals surface area contributed by atoms with Gasteiger partial charge in [-0.05, 0) is 43.0 Å². The van der Waals surface area contributed by atoms with Crippen molar-refractivity contribution in [3.63, 3.8) is 0 Å². The minimum absolute atomic E-state index is 0.0155. The van der Waals surface area contributed by atoms with Gasteiger partial charge in [0.1, 0.15) is 11.6 Å². The monoisotopic (exact) mass is 407 g/mol. The number of pyridine rings is 1. The van der Waals surface area contributed by atoms with E-state index in [0.717, 1.165) is 35.6 Å². The lowest BCUT2D eigenvalue weighted by atomic mass is 10.0. The summed E-state index contributed by atoms with van der Waals surface area (Å²) in [5.74, 6) is -3.85. The summed E-state index contributed by atoms with van der Waals surface area (Å²) in [6.45, 7) is 1.51. The maximum Gasteiger partial charge on any atom is 0.306 e. The zero-order chi connectivity index (χ0) is 20.1. The lowest BCUT2D eigenvalue weighted by Gasteiger charge is -2.14. The third-order valence-electron chi connectivity index (χ3n) is 4.82. The standard InChI is InChI=1S/C21H23F2NO3S/c1-13(21(25)26)9-14-10-17(22)19(18(23)11-14)27-12-15-5-4-8-24-20(15)28-16-6-2-3-7-16/h4-5,8,10-11,13,16H,2-3,6-7,9,12H2,1H3,(H,25,26). The largest absolute Gasteiger partial charge is 0.483 e. The van der Waals surface area contributed by atoms with Crippen LogP contribution in [0.15, 0.2) is 35.5 Å². The Bertz CT molecular complexity index is 817. The molecule has 1 aromatic heterocycles. The van der Waals surface area contributed by atoms with E-state index in [9.17, 15) is 13.6 Å². The summed E-state index contributed by atoms with van der Waals surface area (Å²) in [5.41, 5.74) is 1.08. The van der Waals surface area contributed by atoms with Crippen molar-refractivity contribution in [1.29, 1.82) is 0 Å². The second-order valence-corrected chi connectivity index (χ2v) is 8.40. The lowest BCUT2D eigenvalue weighted by molar-refractivity contribution is -0.141. The number of carbonyl (C=O) groups is 1. The molecule has 0 saturated heterocycles. The van der Waals surface area contributed by atoms with Gasteiger partial charge in [-0.15, -0.1) is 11.8 Å². The van der Waals surface area contributed by atoms with Crippen LogP contribution >= 0.6 is 11.8 Å². The van der Waals surface area contributed by atoms with E-state index in [1.165, 1.54) is 19.8 Å². The van der Waals surface area contributed by atoms with Gasteiger partial charge in [0.05, 0.1) is 5.92 Å². The smallest absolute Gasteiger partial charge is 0.306 e. The Morgan fingerprint density at radius 3 is 2.64 bits per heavy atom. The van der Waals surface area contributed by atoms with Crippen LogP contribution in [-0.4, -0.2) is 21.3 Å². The Morgan fingerprint density at radius 1 is 1.32 bits per heavy atom. The molecule has 1 aliphatic carbocycles. The van der Waals surface area contributed by atoms with E-state index in [1.54, 1.807) is 24.0 Å². The Kier molecular flexibility index (Phi) is 6.88. The summed E-state index contributed by atoms with van der Waals surface area (Å²) < 4.78 is 34.2. The number of hydrogen-bond acceptors (Lipinski definition) is 4. The molecule has 28 heavy (non-hydrogen) atoms. The minimum Gasteiger partial charge on any atom is -0.483 e. The first-order valence-electron chi connectivity index (χ1n) is 9.38. The van der Waals surface area contributed by atoms with Gasteiger partial charge in [-0.3, -0.25) is 4.79 Å². The highest BCUT2D eigenvalue weighted by Gasteiger charge is 2.20. The molecule has 4 nitrogen and oxygen atoms in total. The summed E-state index contributed by atoms with van der Waals surface area (Å²) in [6, 6.07) is 5.90. The van der Waals surface area contributed by atoms with Crippen LogP contribution in [0.5, 0.6) is 5.75 Å². The molecule has 3 rings (SSSR count). The van der Waals surface area contributed by atoms with Gasteiger partial charge < -0.3 is 9.84 Å². The van der Waals surface area contributed by atoms with Crippen molar-refractivity contribution in [2.75, 3.05) is 0 Å². The molecule has 1 N–H and O–H groups in total. The van der Waals surface area contributed by atoms with Crippen molar-refractivity contribution in [1.82, 2.24) is 4.98 Å². The molecule has 1 saturated carbocycles. The summed E-state index contributed by atoms with van der Waals surface area (Å²) >= 11 is 1.70. The van der Waals surface area contributed by atoms with Crippen LogP contribution in [0, 0.1) is 17.6 Å². The number of carboxylic acid groups (broad SMARTS) is 1. The molecule has 0 bridgehead atoms. The number of aromatic nitrogens is 1. The van der Waals surface area contributed by atoms with Gasteiger partial charge in [0.15, 0.2) is 17.4 Å². The molecule has 1 atom stereocenters. The molecule has 1 heterocycles. The van der Waals surface area contributed by atoms with Gasteiger partial charge in [0.2, 0.25) is 0 Å². The maximum absolute atomic E-state index is 14.4. The fourth-order valence-corrected chi connectivity index (χ4v) is 4.55. The lowest BCUT2D eigenvalue weighted by Crippen LogP contribution is -2.13. The molecular formula is C21H23F2NO3S. The molecule has 1 aromatic carbocycles. The molecule has 0 aliphatic heterocycles. The zero-order valence-electron chi connectivity index (χ0n) is 15.7. The molecule has 0 amide bonds. The number of benzene rings is 1. The topological polar surface area (TPSA) is 59.4 Å². The van der Waals surface area contributed by atoms with Crippen LogP contribution in [0.25, 0.3) is 0 Å². The predicted molar refractivity (Wildman–Crippen MR) is 104 cm³/mol. The van der Waals surface area contributed by atoms with Crippen molar-refractivity contribution in [3.8, 4) is 5.75 Å². The SMILES string of the molecule is CC(Cc1cc(F)c(OCc2cccnc2SC2CCCC2)c(F)c1)C(=O)O. The molecule has 0 radical (unpaired) electrons. The number of rotatable bonds is 8. The van der Waals surface area contributed by atoms with E-state index < -0.39 is 29.3 Å². The summed E-state index contributed by atoms with van der Waals surface area (Å²) in [4.78, 5) is 15.3. The van der Waals surface area contributed by atoms with Gasteiger partial charge in [0.25, 0.3) is 0 Å². The van der Waals surface area contributed by atoms with Crippen LogP contribution in [0.4, 0.5) is 8.78 Å². The Hall–Kier alpha value is -2.15. The second-order valence-electron chi connectivity index (χ2n) is 7.11. The number of aliphatic carboxylic acids is 1. The molecule has 1 fully saturated rings. The Balaban J connectivity index is 1.70. The average molecular weight is 407 g/mol. The quantitative estimate of drug-likeness (QED) is 0.649. The number of nitrogens with zero attached hydrogens (tertiary/aromatic N) is 1. The van der Waals surface area contributed by atoms with Gasteiger partial charge >= 0.3 is 5.97 Å². The van der Waals surface area contributed by atoms with Crippen molar-refractivity contribution in [2.45, 2.75) is 55.9 Å². The third kappa shape index (κ3) is 5.22. The van der Waals surface area contributed by atoms with Gasteiger partial charge in [-0.1, -0.05) is 25.8 Å². The van der Waals surface area contributed by atoms with Crippen LogP contribution < -0.4 is 4.74 Å². The van der Waals surface area contributed by atoms with Gasteiger partial charge in [-0.2, -0.15) is 0 Å². The van der Waals surface area contributed by atoms with Crippen molar-refractivity contribution >= 4 is 17.7 Å². The molecule has 2 aromatic rings. The number of halogens is 2. The highest BCUT2D eigenvalue weighted by Crippen LogP contribution is 2.35. The first-order valence-corrected chi connectivity index (χ1v) is 10.3. The molecular weight excluding hydrogens is 384 g/mol. The molecule has 1 aliphatic rings. The zero-order valence-corrected chi connectivity index (χ0v) is 16.5. The fraction of sp³-hybridized carbons (Fsp3) is 0.429. The highest BCUT2D eigenvalue weighted by molar-refractivity contribution is 7.99. The normalized spacial score (nSPS) is 15.5. The fourth-order valence-electron chi connectivity index (χ4n) is 3.26. The van der Waals surface area contributed by atoms with E-state index in [-0.39, 0.29) is 18.6 Å². The van der Waals surface area contributed by atoms with Crippen LogP contribution in [0.1, 0.15) is 43.7 Å². The van der Waals surface area contributed by atoms with Gasteiger partial charge in [0, 0.05) is 17.0 Å². The summed E-state index contributed by atoms with van der Waals surface area (Å²) in [5, 5.41) is 10.3. The van der Waals surface area contributed by atoms with Crippen molar-refractivity contribution in [3.05, 3.63) is 53.2 Å². The Morgan fingerprint density at radius 2 is 2.00 bits per heavy atom. The number of ether oxygens (including phenoxy) is 1.